The number of hydrogen-bond acceptors (Lipinski definition) is 4. The second-order valence-electron chi connectivity index (χ2n) is 3.89. The van der Waals surface area contributed by atoms with Gasteiger partial charge in [0.2, 0.25) is 5.95 Å². The van der Waals surface area contributed by atoms with Gasteiger partial charge in [-0.25, -0.2) is 4.98 Å². The van der Waals surface area contributed by atoms with Gasteiger partial charge in [0.15, 0.2) is 0 Å². The predicted molar refractivity (Wildman–Crippen MR) is 72.8 cm³/mol. The number of carbonyl (C=O) groups excluding carboxylic acids is 1. The second-order valence-corrected chi connectivity index (χ2v) is 4.30. The van der Waals surface area contributed by atoms with E-state index < -0.39 is 5.91 Å². The summed E-state index contributed by atoms with van der Waals surface area (Å²) in [5, 5.41) is 12.8. The van der Waals surface area contributed by atoms with Gasteiger partial charge in [-0.15, -0.1) is 0 Å². The Bertz CT molecular complexity index is 624. The molecule has 0 aliphatic carbocycles. The third-order valence-electron chi connectivity index (χ3n) is 2.57. The highest BCUT2D eigenvalue weighted by Gasteiger charge is 2.12. The molecule has 0 aliphatic rings. The summed E-state index contributed by atoms with van der Waals surface area (Å²) in [5.41, 5.74) is 5.85. The summed E-state index contributed by atoms with van der Waals surface area (Å²) in [5.74, 6) is -0.0855. The number of imidazole rings is 1. The minimum absolute atomic E-state index is 0.0802. The maximum atomic E-state index is 11.1. The lowest BCUT2D eigenvalue weighted by atomic mass is 10.3. The number of aryl methyl sites for hydroxylation is 1. The van der Waals surface area contributed by atoms with Crippen LogP contribution in [-0.2, 0) is 6.54 Å². The number of benzene rings is 1. The minimum Gasteiger partial charge on any atom is -0.508 e. The highest BCUT2D eigenvalue weighted by molar-refractivity contribution is 6.33. The van der Waals surface area contributed by atoms with Crippen molar-refractivity contribution < 1.29 is 9.90 Å². The molecule has 0 atom stereocenters. The molecule has 0 aliphatic heterocycles. The van der Waals surface area contributed by atoms with Crippen LogP contribution in [0, 0.1) is 0 Å². The molecule has 4 N–H and O–H groups in total. The van der Waals surface area contributed by atoms with Crippen LogP contribution < -0.4 is 11.1 Å². The molecule has 7 heteroatoms. The quantitative estimate of drug-likeness (QED) is 0.799. The van der Waals surface area contributed by atoms with Crippen LogP contribution in [-0.4, -0.2) is 20.6 Å². The van der Waals surface area contributed by atoms with Gasteiger partial charge in [-0.1, -0.05) is 11.6 Å². The first-order chi connectivity index (χ1) is 9.01. The van der Waals surface area contributed by atoms with Crippen molar-refractivity contribution in [3.8, 4) is 5.75 Å². The van der Waals surface area contributed by atoms with Crippen molar-refractivity contribution >= 4 is 29.1 Å². The van der Waals surface area contributed by atoms with Crippen molar-refractivity contribution in [1.82, 2.24) is 9.55 Å². The van der Waals surface area contributed by atoms with Crippen molar-refractivity contribution in [2.24, 2.45) is 5.73 Å². The minimum atomic E-state index is -0.600. The monoisotopic (exact) mass is 280 g/mol. The fourth-order valence-corrected chi connectivity index (χ4v) is 1.77. The Balaban J connectivity index is 2.37. The molecule has 19 heavy (non-hydrogen) atoms. The van der Waals surface area contributed by atoms with Crippen LogP contribution in [0.15, 0.2) is 24.4 Å². The number of amides is 1. The van der Waals surface area contributed by atoms with Gasteiger partial charge in [-0.2, -0.15) is 0 Å². The van der Waals surface area contributed by atoms with Gasteiger partial charge in [-0.05, 0) is 19.1 Å². The van der Waals surface area contributed by atoms with Gasteiger partial charge in [-0.3, -0.25) is 4.79 Å². The van der Waals surface area contributed by atoms with E-state index in [9.17, 15) is 9.90 Å². The normalized spacial score (nSPS) is 10.4. The van der Waals surface area contributed by atoms with Crippen molar-refractivity contribution in [3.63, 3.8) is 0 Å². The average molecular weight is 281 g/mol. The Morgan fingerprint density at radius 2 is 2.32 bits per heavy atom. The number of aromatic hydroxyl groups is 1. The first kappa shape index (κ1) is 13.2. The Morgan fingerprint density at radius 3 is 2.95 bits per heavy atom. The van der Waals surface area contributed by atoms with Crippen LogP contribution in [0.5, 0.6) is 5.75 Å². The van der Waals surface area contributed by atoms with Gasteiger partial charge in [0.25, 0.3) is 5.91 Å². The fourth-order valence-electron chi connectivity index (χ4n) is 1.60. The molecule has 0 unspecified atom stereocenters. The molecule has 1 heterocycles. The first-order valence-corrected chi connectivity index (χ1v) is 6.01. The van der Waals surface area contributed by atoms with E-state index >= 15 is 0 Å². The van der Waals surface area contributed by atoms with E-state index in [1.807, 2.05) is 6.92 Å². The molecule has 0 bridgehead atoms. The molecule has 0 spiro atoms. The Labute approximate surface area is 114 Å². The van der Waals surface area contributed by atoms with Gasteiger partial charge < -0.3 is 20.7 Å². The predicted octanol–water partition coefficient (Wildman–Crippen LogP) is 2.10. The SMILES string of the molecule is CCn1cc(C(N)=O)nc1Nc1cc(O)ccc1Cl. The van der Waals surface area contributed by atoms with E-state index in [-0.39, 0.29) is 11.4 Å². The number of phenolic OH excluding ortho intramolecular Hbond substituents is 1. The summed E-state index contributed by atoms with van der Waals surface area (Å²) >= 11 is 6.01. The molecule has 1 amide bonds. The number of aromatic nitrogens is 2. The molecule has 0 saturated carbocycles. The first-order valence-electron chi connectivity index (χ1n) is 5.63. The Morgan fingerprint density at radius 1 is 1.58 bits per heavy atom. The Hall–Kier alpha value is -2.21. The van der Waals surface area contributed by atoms with E-state index in [4.69, 9.17) is 17.3 Å². The number of carbonyl (C=O) groups is 1. The van der Waals surface area contributed by atoms with E-state index in [1.165, 1.54) is 12.1 Å². The third kappa shape index (κ3) is 2.79. The lowest BCUT2D eigenvalue weighted by Gasteiger charge is -2.09. The zero-order valence-corrected chi connectivity index (χ0v) is 11.0. The van der Waals surface area contributed by atoms with Crippen LogP contribution in [0.2, 0.25) is 5.02 Å². The van der Waals surface area contributed by atoms with Crippen LogP contribution in [0.1, 0.15) is 17.4 Å². The molecule has 1 aromatic heterocycles. The molecule has 0 saturated heterocycles. The van der Waals surface area contributed by atoms with Crippen molar-refractivity contribution in [3.05, 3.63) is 35.1 Å². The van der Waals surface area contributed by atoms with Gasteiger partial charge >= 0.3 is 0 Å². The molecule has 1 aromatic carbocycles. The molecule has 100 valence electrons. The van der Waals surface area contributed by atoms with Crippen LogP contribution in [0.4, 0.5) is 11.6 Å². The van der Waals surface area contributed by atoms with Crippen LogP contribution >= 0.6 is 11.6 Å². The maximum absolute atomic E-state index is 11.1. The number of nitrogens with zero attached hydrogens (tertiary/aromatic N) is 2. The zero-order valence-electron chi connectivity index (χ0n) is 10.2. The molecule has 2 rings (SSSR count). The third-order valence-corrected chi connectivity index (χ3v) is 2.90. The van der Waals surface area contributed by atoms with E-state index in [0.717, 1.165) is 0 Å². The molecule has 2 aromatic rings. The van der Waals surface area contributed by atoms with Crippen molar-refractivity contribution in [2.75, 3.05) is 5.32 Å². The number of hydrogen-bond donors (Lipinski definition) is 3. The summed E-state index contributed by atoms with van der Waals surface area (Å²) in [6, 6.07) is 4.52. The van der Waals surface area contributed by atoms with Crippen molar-refractivity contribution in [1.29, 1.82) is 0 Å². The molecule has 0 radical (unpaired) electrons. The number of phenols is 1. The smallest absolute Gasteiger partial charge is 0.268 e. The average Bonchev–Trinajstić information content (AvgIpc) is 2.77. The summed E-state index contributed by atoms with van der Waals surface area (Å²) in [4.78, 5) is 15.2. The lowest BCUT2D eigenvalue weighted by Crippen LogP contribution is -2.11. The fraction of sp³-hybridized carbons (Fsp3) is 0.167. The largest absolute Gasteiger partial charge is 0.508 e. The van der Waals surface area contributed by atoms with Gasteiger partial charge in [0.05, 0.1) is 10.7 Å². The summed E-state index contributed by atoms with van der Waals surface area (Å²) in [7, 11) is 0. The van der Waals surface area contributed by atoms with E-state index in [2.05, 4.69) is 10.3 Å². The number of nitrogens with one attached hydrogen (secondary N) is 1. The van der Waals surface area contributed by atoms with Gasteiger partial charge in [0, 0.05) is 18.8 Å². The summed E-state index contributed by atoms with van der Waals surface area (Å²) < 4.78 is 1.72. The number of nitrogens with two attached hydrogens (primary N) is 1. The maximum Gasteiger partial charge on any atom is 0.268 e. The lowest BCUT2D eigenvalue weighted by molar-refractivity contribution is 0.0996. The highest BCUT2D eigenvalue weighted by Crippen LogP contribution is 2.28. The molecular weight excluding hydrogens is 268 g/mol. The van der Waals surface area contributed by atoms with E-state index in [0.29, 0.717) is 23.2 Å². The number of anilines is 2. The number of halogens is 1. The van der Waals surface area contributed by atoms with Gasteiger partial charge in [0.1, 0.15) is 11.4 Å². The molecular formula is C12H13ClN4O2. The summed E-state index contributed by atoms with van der Waals surface area (Å²) in [6.07, 6.45) is 1.56. The highest BCUT2D eigenvalue weighted by atomic mass is 35.5. The second kappa shape index (κ2) is 5.19. The Kier molecular flexibility index (Phi) is 3.62. The summed E-state index contributed by atoms with van der Waals surface area (Å²) in [6.45, 7) is 2.51. The van der Waals surface area contributed by atoms with Crippen LogP contribution in [0.3, 0.4) is 0 Å². The molecule has 0 fully saturated rings. The standard InChI is InChI=1S/C12H13ClN4O2/c1-2-17-6-10(11(14)19)16-12(17)15-9-5-7(18)3-4-8(9)13/h3-6,18H,2H2,1H3,(H2,14,19)(H,15,16). The van der Waals surface area contributed by atoms with Crippen LogP contribution in [0.25, 0.3) is 0 Å². The van der Waals surface area contributed by atoms with E-state index in [1.54, 1.807) is 16.8 Å². The topological polar surface area (TPSA) is 93.2 Å². The number of rotatable bonds is 4. The molecule has 6 nitrogen and oxygen atoms in total. The number of primary amides is 1. The van der Waals surface area contributed by atoms with Crippen molar-refractivity contribution in [2.45, 2.75) is 13.5 Å². The zero-order chi connectivity index (χ0) is 14.0.